The standard InChI is InChI=1S/C35H36Cl3N3O4S/c1-3-4-21-39-35(43)33(22-26-12-6-5-7-13-26)40(23-29-30(37)14-10-15-31(29)38)34(42)24-41(32-16-9-8-11-25(32)2)46(44,45)28-19-17-27(36)18-20-28/h5-20,33H,3-4,21-24H2,1-2H3,(H,39,43). The van der Waals surface area contributed by atoms with Crippen LogP contribution >= 0.6 is 34.8 Å². The number of hydrogen-bond donors (Lipinski definition) is 1. The van der Waals surface area contributed by atoms with Gasteiger partial charge in [-0.25, -0.2) is 8.42 Å². The fourth-order valence-corrected chi connectivity index (χ4v) is 7.13. The molecule has 0 radical (unpaired) electrons. The molecule has 46 heavy (non-hydrogen) atoms. The number of sulfonamides is 1. The molecule has 0 aliphatic rings. The first kappa shape index (κ1) is 35.3. The number of nitrogens with zero attached hydrogens (tertiary/aromatic N) is 2. The number of carbonyl (C=O) groups is 2. The highest BCUT2D eigenvalue weighted by molar-refractivity contribution is 7.92. The quantitative estimate of drug-likeness (QED) is 0.137. The Morgan fingerprint density at radius 1 is 0.826 bits per heavy atom. The normalized spacial score (nSPS) is 11.9. The lowest BCUT2D eigenvalue weighted by molar-refractivity contribution is -0.140. The Hall–Kier alpha value is -3.56. The van der Waals surface area contributed by atoms with Crippen molar-refractivity contribution in [2.75, 3.05) is 17.4 Å². The van der Waals surface area contributed by atoms with E-state index in [0.717, 1.165) is 22.7 Å². The Morgan fingerprint density at radius 2 is 1.46 bits per heavy atom. The van der Waals surface area contributed by atoms with Crippen LogP contribution in [0.5, 0.6) is 0 Å². The van der Waals surface area contributed by atoms with E-state index in [2.05, 4.69) is 5.32 Å². The van der Waals surface area contributed by atoms with Gasteiger partial charge in [0.05, 0.1) is 10.6 Å². The molecular weight excluding hydrogens is 665 g/mol. The van der Waals surface area contributed by atoms with E-state index in [0.29, 0.717) is 38.4 Å². The molecule has 0 fully saturated rings. The minimum atomic E-state index is -4.26. The molecule has 242 valence electrons. The molecular formula is C35H36Cl3N3O4S. The van der Waals surface area contributed by atoms with Gasteiger partial charge in [-0.2, -0.15) is 0 Å². The maximum absolute atomic E-state index is 14.6. The molecule has 2 amide bonds. The first-order chi connectivity index (χ1) is 22.0. The molecule has 4 aromatic rings. The van der Waals surface area contributed by atoms with E-state index in [1.54, 1.807) is 49.4 Å². The number of amides is 2. The van der Waals surface area contributed by atoms with Crippen molar-refractivity contribution in [1.29, 1.82) is 0 Å². The van der Waals surface area contributed by atoms with E-state index < -0.39 is 28.5 Å². The van der Waals surface area contributed by atoms with Gasteiger partial charge < -0.3 is 10.2 Å². The molecule has 0 aliphatic carbocycles. The van der Waals surface area contributed by atoms with Crippen LogP contribution in [0.3, 0.4) is 0 Å². The highest BCUT2D eigenvalue weighted by Crippen LogP contribution is 2.30. The number of carbonyl (C=O) groups excluding carboxylic acids is 2. The van der Waals surface area contributed by atoms with Gasteiger partial charge in [0, 0.05) is 40.1 Å². The Labute approximate surface area is 286 Å². The van der Waals surface area contributed by atoms with E-state index in [4.69, 9.17) is 34.8 Å². The summed E-state index contributed by atoms with van der Waals surface area (Å²) in [5.41, 5.74) is 2.24. The lowest BCUT2D eigenvalue weighted by Gasteiger charge is -2.34. The molecule has 0 heterocycles. The SMILES string of the molecule is CCCCNC(=O)C(Cc1ccccc1)N(Cc1c(Cl)cccc1Cl)C(=O)CN(c1ccccc1C)S(=O)(=O)c1ccc(Cl)cc1. The second-order valence-electron chi connectivity index (χ2n) is 10.8. The summed E-state index contributed by atoms with van der Waals surface area (Å²) in [6.45, 7) is 3.49. The van der Waals surface area contributed by atoms with Gasteiger partial charge in [-0.1, -0.05) is 103 Å². The predicted molar refractivity (Wildman–Crippen MR) is 186 cm³/mol. The summed E-state index contributed by atoms with van der Waals surface area (Å²) in [5, 5.41) is 3.98. The van der Waals surface area contributed by atoms with Crippen LogP contribution in [0.25, 0.3) is 0 Å². The van der Waals surface area contributed by atoms with Crippen molar-refractivity contribution in [1.82, 2.24) is 10.2 Å². The predicted octanol–water partition coefficient (Wildman–Crippen LogP) is 7.71. The smallest absolute Gasteiger partial charge is 0.264 e. The zero-order valence-electron chi connectivity index (χ0n) is 25.6. The summed E-state index contributed by atoms with van der Waals surface area (Å²) in [4.78, 5) is 29.8. The molecule has 0 aliphatic heterocycles. The average molecular weight is 701 g/mol. The molecule has 0 saturated carbocycles. The van der Waals surface area contributed by atoms with Gasteiger partial charge in [-0.3, -0.25) is 13.9 Å². The molecule has 1 atom stereocenters. The third kappa shape index (κ3) is 8.82. The highest BCUT2D eigenvalue weighted by Gasteiger charge is 2.35. The second kappa shape index (κ2) is 16.3. The van der Waals surface area contributed by atoms with Crippen LogP contribution in [0.2, 0.25) is 15.1 Å². The van der Waals surface area contributed by atoms with Crippen molar-refractivity contribution in [3.8, 4) is 0 Å². The number of benzene rings is 4. The van der Waals surface area contributed by atoms with Gasteiger partial charge in [0.2, 0.25) is 11.8 Å². The van der Waals surface area contributed by atoms with Gasteiger partial charge in [-0.15, -0.1) is 0 Å². The van der Waals surface area contributed by atoms with Crippen LogP contribution in [0.4, 0.5) is 5.69 Å². The van der Waals surface area contributed by atoms with Crippen molar-refractivity contribution in [3.63, 3.8) is 0 Å². The maximum atomic E-state index is 14.6. The van der Waals surface area contributed by atoms with Crippen LogP contribution in [-0.2, 0) is 32.6 Å². The van der Waals surface area contributed by atoms with Gasteiger partial charge in [-0.05, 0) is 66.9 Å². The first-order valence-electron chi connectivity index (χ1n) is 14.9. The maximum Gasteiger partial charge on any atom is 0.264 e. The fourth-order valence-electron chi connectivity index (χ4n) is 5.00. The number of hydrogen-bond acceptors (Lipinski definition) is 4. The third-order valence-electron chi connectivity index (χ3n) is 7.56. The Kier molecular flexibility index (Phi) is 12.5. The molecule has 1 unspecified atom stereocenters. The van der Waals surface area contributed by atoms with Crippen LogP contribution in [0.15, 0.2) is 102 Å². The molecule has 1 N–H and O–H groups in total. The van der Waals surface area contributed by atoms with Gasteiger partial charge in [0.1, 0.15) is 12.6 Å². The fraction of sp³-hybridized carbons (Fsp3) is 0.257. The Balaban J connectivity index is 1.83. The lowest BCUT2D eigenvalue weighted by Crippen LogP contribution is -2.53. The number of anilines is 1. The van der Waals surface area contributed by atoms with Crippen LogP contribution in [0.1, 0.15) is 36.5 Å². The van der Waals surface area contributed by atoms with E-state index in [1.165, 1.54) is 29.2 Å². The van der Waals surface area contributed by atoms with Crippen molar-refractivity contribution in [2.24, 2.45) is 0 Å². The first-order valence-corrected chi connectivity index (χ1v) is 17.5. The second-order valence-corrected chi connectivity index (χ2v) is 13.9. The molecule has 4 aromatic carbocycles. The van der Waals surface area contributed by atoms with Gasteiger partial charge in [0.25, 0.3) is 10.0 Å². The van der Waals surface area contributed by atoms with Crippen molar-refractivity contribution < 1.29 is 18.0 Å². The van der Waals surface area contributed by atoms with E-state index >= 15 is 0 Å². The zero-order chi connectivity index (χ0) is 33.3. The molecule has 7 nitrogen and oxygen atoms in total. The highest BCUT2D eigenvalue weighted by atomic mass is 35.5. The molecule has 0 saturated heterocycles. The summed E-state index contributed by atoms with van der Waals surface area (Å²) >= 11 is 19.2. The van der Waals surface area contributed by atoms with Crippen molar-refractivity contribution in [2.45, 2.75) is 50.6 Å². The van der Waals surface area contributed by atoms with Crippen LogP contribution in [-0.4, -0.2) is 44.3 Å². The number of rotatable bonds is 14. The van der Waals surface area contributed by atoms with Gasteiger partial charge >= 0.3 is 0 Å². The minimum absolute atomic E-state index is 0.0354. The Bertz CT molecular complexity index is 1730. The van der Waals surface area contributed by atoms with E-state index in [1.807, 2.05) is 37.3 Å². The largest absolute Gasteiger partial charge is 0.354 e. The monoisotopic (exact) mass is 699 g/mol. The van der Waals surface area contributed by atoms with E-state index in [9.17, 15) is 18.0 Å². The summed E-state index contributed by atoms with van der Waals surface area (Å²) in [6.07, 6.45) is 1.81. The molecule has 0 aromatic heterocycles. The third-order valence-corrected chi connectivity index (χ3v) is 10.3. The minimum Gasteiger partial charge on any atom is -0.354 e. The number of unbranched alkanes of at least 4 members (excludes halogenated alkanes) is 1. The number of aryl methyl sites for hydroxylation is 1. The average Bonchev–Trinajstić information content (AvgIpc) is 3.04. The van der Waals surface area contributed by atoms with Gasteiger partial charge in [0.15, 0.2) is 0 Å². The van der Waals surface area contributed by atoms with Crippen LogP contribution in [0, 0.1) is 6.92 Å². The van der Waals surface area contributed by atoms with Crippen molar-refractivity contribution >= 4 is 62.3 Å². The summed E-state index contributed by atoms with van der Waals surface area (Å²) in [5.74, 6) is -0.972. The molecule has 4 rings (SSSR count). The number of nitrogens with one attached hydrogen (secondary N) is 1. The molecule has 0 bridgehead atoms. The topological polar surface area (TPSA) is 86.8 Å². The lowest BCUT2D eigenvalue weighted by atomic mass is 10.0. The Morgan fingerprint density at radius 3 is 2.09 bits per heavy atom. The number of halogens is 3. The zero-order valence-corrected chi connectivity index (χ0v) is 28.7. The summed E-state index contributed by atoms with van der Waals surface area (Å²) in [7, 11) is -4.26. The van der Waals surface area contributed by atoms with Crippen LogP contribution < -0.4 is 9.62 Å². The van der Waals surface area contributed by atoms with E-state index in [-0.39, 0.29) is 23.8 Å². The number of para-hydroxylation sites is 1. The molecule has 0 spiro atoms. The van der Waals surface area contributed by atoms with Crippen molar-refractivity contribution in [3.05, 3.63) is 129 Å². The summed E-state index contributed by atoms with van der Waals surface area (Å²) in [6, 6.07) is 26.0. The molecule has 11 heteroatoms. The summed E-state index contributed by atoms with van der Waals surface area (Å²) < 4.78 is 29.4.